The van der Waals surface area contributed by atoms with E-state index in [1.807, 2.05) is 34.6 Å². The highest BCUT2D eigenvalue weighted by Crippen LogP contribution is 1.99. The first-order valence-electron chi connectivity index (χ1n) is 4.74. The number of hydrogen-bond acceptors (Lipinski definition) is 2. The molecule has 0 spiro atoms. The molecule has 0 aromatic rings. The number of nitrogens with one attached hydrogen (secondary N) is 1. The van der Waals surface area contributed by atoms with Crippen molar-refractivity contribution >= 4 is 5.91 Å². The summed E-state index contributed by atoms with van der Waals surface area (Å²) in [6, 6.07) is 0. The highest BCUT2D eigenvalue weighted by atomic mass is 16.5. The topological polar surface area (TPSA) is 38.3 Å². The summed E-state index contributed by atoms with van der Waals surface area (Å²) in [7, 11) is 0. The molecule has 3 heteroatoms. The Labute approximate surface area is 80.8 Å². The average molecular weight is 187 g/mol. The van der Waals surface area contributed by atoms with Gasteiger partial charge in [-0.3, -0.25) is 4.79 Å². The fourth-order valence-corrected chi connectivity index (χ4v) is 0.868. The standard InChI is InChI=1S/C10H21NO2/c1-8(2)13-7-6-9(12)11-10(3,4)5/h8H,6-7H2,1-5H3,(H,11,12). The molecule has 3 nitrogen and oxygen atoms in total. The van der Waals surface area contributed by atoms with Crippen molar-refractivity contribution in [2.75, 3.05) is 6.61 Å². The largest absolute Gasteiger partial charge is 0.378 e. The Morgan fingerprint density at radius 3 is 2.31 bits per heavy atom. The van der Waals surface area contributed by atoms with Gasteiger partial charge in [-0.25, -0.2) is 0 Å². The van der Waals surface area contributed by atoms with Crippen LogP contribution < -0.4 is 5.32 Å². The number of amides is 1. The molecule has 0 bridgehead atoms. The van der Waals surface area contributed by atoms with Gasteiger partial charge >= 0.3 is 0 Å². The van der Waals surface area contributed by atoms with Gasteiger partial charge in [-0.1, -0.05) is 0 Å². The highest BCUT2D eigenvalue weighted by Gasteiger charge is 2.13. The molecule has 0 unspecified atom stereocenters. The summed E-state index contributed by atoms with van der Waals surface area (Å²) in [5.74, 6) is 0.0492. The Kier molecular flexibility index (Phi) is 4.99. The third-order valence-corrected chi connectivity index (χ3v) is 1.29. The minimum absolute atomic E-state index is 0.0492. The summed E-state index contributed by atoms with van der Waals surface area (Å²) in [5, 5.41) is 2.87. The molecule has 0 saturated carbocycles. The van der Waals surface area contributed by atoms with E-state index in [9.17, 15) is 4.79 Å². The Hall–Kier alpha value is -0.570. The summed E-state index contributed by atoms with van der Waals surface area (Å²) in [6.07, 6.45) is 0.637. The predicted molar refractivity (Wildman–Crippen MR) is 53.6 cm³/mol. The number of carbonyl (C=O) groups excluding carboxylic acids is 1. The Bertz CT molecular complexity index is 159. The lowest BCUT2D eigenvalue weighted by Crippen LogP contribution is -2.41. The fourth-order valence-electron chi connectivity index (χ4n) is 0.868. The Balaban J connectivity index is 3.53. The van der Waals surface area contributed by atoms with Crippen LogP contribution in [0.5, 0.6) is 0 Å². The second-order valence-corrected chi connectivity index (χ2v) is 4.47. The molecule has 1 amide bonds. The minimum atomic E-state index is -0.144. The molecule has 13 heavy (non-hydrogen) atoms. The second kappa shape index (κ2) is 5.22. The van der Waals surface area contributed by atoms with Gasteiger partial charge < -0.3 is 10.1 Å². The van der Waals surface area contributed by atoms with Crippen LogP contribution >= 0.6 is 0 Å². The molecule has 0 radical (unpaired) electrons. The number of rotatable bonds is 4. The summed E-state index contributed by atoms with van der Waals surface area (Å²) >= 11 is 0. The van der Waals surface area contributed by atoms with Crippen LogP contribution in [0.2, 0.25) is 0 Å². The van der Waals surface area contributed by atoms with Crippen molar-refractivity contribution in [2.24, 2.45) is 0 Å². The maximum absolute atomic E-state index is 11.2. The minimum Gasteiger partial charge on any atom is -0.378 e. The van der Waals surface area contributed by atoms with Crippen molar-refractivity contribution in [1.29, 1.82) is 0 Å². The predicted octanol–water partition coefficient (Wildman–Crippen LogP) is 1.72. The lowest BCUT2D eigenvalue weighted by atomic mass is 10.1. The van der Waals surface area contributed by atoms with Crippen molar-refractivity contribution in [3.05, 3.63) is 0 Å². The maximum atomic E-state index is 11.2. The van der Waals surface area contributed by atoms with Gasteiger partial charge in [-0.05, 0) is 34.6 Å². The molecule has 0 rings (SSSR count). The van der Waals surface area contributed by atoms with Gasteiger partial charge in [0.1, 0.15) is 0 Å². The van der Waals surface area contributed by atoms with Crippen LogP contribution in [0.15, 0.2) is 0 Å². The van der Waals surface area contributed by atoms with E-state index < -0.39 is 0 Å². The SMILES string of the molecule is CC(C)OCCC(=O)NC(C)(C)C. The maximum Gasteiger partial charge on any atom is 0.222 e. The Morgan fingerprint density at radius 1 is 1.38 bits per heavy atom. The number of carbonyl (C=O) groups is 1. The fraction of sp³-hybridized carbons (Fsp3) is 0.900. The molecule has 1 N–H and O–H groups in total. The zero-order valence-electron chi connectivity index (χ0n) is 9.31. The quantitative estimate of drug-likeness (QED) is 0.727. The summed E-state index contributed by atoms with van der Waals surface area (Å²) in [6.45, 7) is 10.3. The van der Waals surface area contributed by atoms with Crippen molar-refractivity contribution in [2.45, 2.75) is 52.7 Å². The molecule has 78 valence electrons. The van der Waals surface area contributed by atoms with Crippen molar-refractivity contribution in [1.82, 2.24) is 5.32 Å². The number of ether oxygens (including phenoxy) is 1. The van der Waals surface area contributed by atoms with E-state index >= 15 is 0 Å². The summed E-state index contributed by atoms with van der Waals surface area (Å²) in [5.41, 5.74) is -0.144. The molecule has 0 aromatic heterocycles. The smallest absolute Gasteiger partial charge is 0.222 e. The molecule has 0 aliphatic carbocycles. The molecule has 0 aromatic carbocycles. The first-order chi connectivity index (χ1) is 5.81. The van der Waals surface area contributed by atoms with E-state index in [1.165, 1.54) is 0 Å². The van der Waals surface area contributed by atoms with Gasteiger partial charge in [0, 0.05) is 12.0 Å². The van der Waals surface area contributed by atoms with E-state index in [1.54, 1.807) is 0 Å². The third-order valence-electron chi connectivity index (χ3n) is 1.29. The zero-order chi connectivity index (χ0) is 10.5. The Morgan fingerprint density at radius 2 is 1.92 bits per heavy atom. The van der Waals surface area contributed by atoms with Crippen molar-refractivity contribution in [3.8, 4) is 0 Å². The lowest BCUT2D eigenvalue weighted by Gasteiger charge is -2.20. The summed E-state index contributed by atoms with van der Waals surface area (Å²) < 4.78 is 5.27. The van der Waals surface area contributed by atoms with Crippen molar-refractivity contribution < 1.29 is 9.53 Å². The van der Waals surface area contributed by atoms with Gasteiger partial charge in [0.05, 0.1) is 12.7 Å². The van der Waals surface area contributed by atoms with Crippen LogP contribution in [-0.4, -0.2) is 24.2 Å². The van der Waals surface area contributed by atoms with Gasteiger partial charge in [0.25, 0.3) is 0 Å². The van der Waals surface area contributed by atoms with Gasteiger partial charge in [-0.2, -0.15) is 0 Å². The molecule has 0 aliphatic rings. The highest BCUT2D eigenvalue weighted by molar-refractivity contribution is 5.76. The molecule has 0 aliphatic heterocycles. The second-order valence-electron chi connectivity index (χ2n) is 4.47. The molecule has 0 heterocycles. The van der Waals surface area contributed by atoms with Crippen LogP contribution in [-0.2, 0) is 9.53 Å². The normalized spacial score (nSPS) is 11.8. The first kappa shape index (κ1) is 12.4. The van der Waals surface area contributed by atoms with Crippen LogP contribution in [0.25, 0.3) is 0 Å². The molecule has 0 fully saturated rings. The van der Waals surface area contributed by atoms with E-state index in [-0.39, 0.29) is 17.6 Å². The summed E-state index contributed by atoms with van der Waals surface area (Å²) in [4.78, 5) is 11.2. The van der Waals surface area contributed by atoms with Gasteiger partial charge in [0.15, 0.2) is 0 Å². The van der Waals surface area contributed by atoms with E-state index in [4.69, 9.17) is 4.74 Å². The molecule has 0 atom stereocenters. The first-order valence-corrected chi connectivity index (χ1v) is 4.74. The van der Waals surface area contributed by atoms with Crippen LogP contribution in [0.4, 0.5) is 0 Å². The van der Waals surface area contributed by atoms with E-state index in [0.29, 0.717) is 13.0 Å². The van der Waals surface area contributed by atoms with Gasteiger partial charge in [-0.15, -0.1) is 0 Å². The molecular formula is C10H21NO2. The average Bonchev–Trinajstić information content (AvgIpc) is 1.81. The number of hydrogen-bond donors (Lipinski definition) is 1. The zero-order valence-corrected chi connectivity index (χ0v) is 9.31. The van der Waals surface area contributed by atoms with Crippen LogP contribution in [0.1, 0.15) is 41.0 Å². The monoisotopic (exact) mass is 187 g/mol. The van der Waals surface area contributed by atoms with Crippen LogP contribution in [0, 0.1) is 0 Å². The van der Waals surface area contributed by atoms with E-state index in [0.717, 1.165) is 0 Å². The van der Waals surface area contributed by atoms with Gasteiger partial charge in [0.2, 0.25) is 5.91 Å². The third kappa shape index (κ3) is 9.34. The lowest BCUT2D eigenvalue weighted by molar-refractivity contribution is -0.123. The van der Waals surface area contributed by atoms with Crippen molar-refractivity contribution in [3.63, 3.8) is 0 Å². The molecular weight excluding hydrogens is 166 g/mol. The molecule has 0 saturated heterocycles. The van der Waals surface area contributed by atoms with E-state index in [2.05, 4.69) is 5.32 Å². The van der Waals surface area contributed by atoms with Crippen LogP contribution in [0.3, 0.4) is 0 Å².